The molecule has 0 unspecified atom stereocenters. The van der Waals surface area contributed by atoms with Crippen molar-refractivity contribution in [3.63, 3.8) is 0 Å². The monoisotopic (exact) mass is 366 g/mol. The van der Waals surface area contributed by atoms with Crippen molar-refractivity contribution < 1.29 is 9.32 Å². The summed E-state index contributed by atoms with van der Waals surface area (Å²) in [7, 11) is 0. The van der Waals surface area contributed by atoms with Crippen molar-refractivity contribution in [2.24, 2.45) is 0 Å². The van der Waals surface area contributed by atoms with Crippen LogP contribution in [0.3, 0.4) is 0 Å². The fourth-order valence-corrected chi connectivity index (χ4v) is 3.25. The lowest BCUT2D eigenvalue weighted by atomic mass is 9.95. The van der Waals surface area contributed by atoms with E-state index >= 15 is 0 Å². The molecule has 3 heterocycles. The maximum absolute atomic E-state index is 12.4. The number of aryl methyl sites for hydroxylation is 1. The van der Waals surface area contributed by atoms with Gasteiger partial charge in [0.25, 0.3) is 11.8 Å². The quantitative estimate of drug-likeness (QED) is 0.745. The Bertz CT molecular complexity index is 908. The largest absolute Gasteiger partial charge is 0.348 e. The molecule has 0 saturated heterocycles. The van der Waals surface area contributed by atoms with Crippen LogP contribution in [0.1, 0.15) is 55.3 Å². The molecule has 27 heavy (non-hydrogen) atoms. The highest BCUT2D eigenvalue weighted by Crippen LogP contribution is 2.19. The van der Waals surface area contributed by atoms with E-state index in [2.05, 4.69) is 25.4 Å². The average molecular weight is 366 g/mol. The molecule has 0 aromatic carbocycles. The standard InChI is InChI=1S/C19H22N6O2/c1-2-16-23-19(27-24-16)13-8-9-17(20-10-13)25-11-15(21-12-25)18(26)22-14-6-4-3-5-7-14/h8-12,14H,2-7H2,1H3,(H,22,26). The number of amides is 1. The molecule has 8 heteroatoms. The Balaban J connectivity index is 1.45. The molecule has 3 aromatic rings. The molecule has 1 aliphatic carbocycles. The zero-order chi connectivity index (χ0) is 18.6. The summed E-state index contributed by atoms with van der Waals surface area (Å²) >= 11 is 0. The summed E-state index contributed by atoms with van der Waals surface area (Å²) in [6.07, 6.45) is 11.4. The predicted octanol–water partition coefficient (Wildman–Crippen LogP) is 2.94. The third kappa shape index (κ3) is 3.89. The summed E-state index contributed by atoms with van der Waals surface area (Å²) < 4.78 is 6.95. The number of rotatable bonds is 5. The van der Waals surface area contributed by atoms with Crippen LogP contribution in [0.4, 0.5) is 0 Å². The number of nitrogens with one attached hydrogen (secondary N) is 1. The van der Waals surface area contributed by atoms with Gasteiger partial charge in [0.15, 0.2) is 5.82 Å². The van der Waals surface area contributed by atoms with E-state index in [1.54, 1.807) is 23.3 Å². The van der Waals surface area contributed by atoms with Crippen molar-refractivity contribution in [1.29, 1.82) is 0 Å². The molecule has 3 aromatic heterocycles. The first-order valence-corrected chi connectivity index (χ1v) is 9.37. The van der Waals surface area contributed by atoms with E-state index < -0.39 is 0 Å². The van der Waals surface area contributed by atoms with Crippen LogP contribution in [0.2, 0.25) is 0 Å². The van der Waals surface area contributed by atoms with Gasteiger partial charge in [0.05, 0.1) is 5.56 Å². The van der Waals surface area contributed by atoms with Gasteiger partial charge in [0.2, 0.25) is 0 Å². The van der Waals surface area contributed by atoms with Crippen LogP contribution in [0, 0.1) is 0 Å². The van der Waals surface area contributed by atoms with E-state index in [0.29, 0.717) is 23.2 Å². The Morgan fingerprint density at radius 2 is 2.11 bits per heavy atom. The lowest BCUT2D eigenvalue weighted by Crippen LogP contribution is -2.36. The van der Waals surface area contributed by atoms with Crippen molar-refractivity contribution in [2.45, 2.75) is 51.5 Å². The van der Waals surface area contributed by atoms with Gasteiger partial charge >= 0.3 is 0 Å². The number of aromatic nitrogens is 5. The summed E-state index contributed by atoms with van der Waals surface area (Å²) in [6, 6.07) is 3.95. The first-order valence-electron chi connectivity index (χ1n) is 9.37. The molecular formula is C19H22N6O2. The minimum absolute atomic E-state index is 0.129. The Labute approximate surface area is 157 Å². The molecule has 1 amide bonds. The second kappa shape index (κ2) is 7.69. The highest BCUT2D eigenvalue weighted by Gasteiger charge is 2.18. The van der Waals surface area contributed by atoms with Gasteiger partial charge in [-0.15, -0.1) is 0 Å². The molecule has 0 aliphatic heterocycles. The molecule has 8 nitrogen and oxygen atoms in total. The number of carbonyl (C=O) groups is 1. The maximum Gasteiger partial charge on any atom is 0.271 e. The molecule has 4 rings (SSSR count). The van der Waals surface area contributed by atoms with Gasteiger partial charge in [-0.25, -0.2) is 9.97 Å². The van der Waals surface area contributed by atoms with Crippen molar-refractivity contribution in [2.75, 3.05) is 0 Å². The van der Waals surface area contributed by atoms with E-state index in [1.807, 2.05) is 19.1 Å². The van der Waals surface area contributed by atoms with Crippen LogP contribution in [0.5, 0.6) is 0 Å². The normalized spacial score (nSPS) is 15.0. The molecule has 0 spiro atoms. The number of nitrogens with zero attached hydrogens (tertiary/aromatic N) is 5. The zero-order valence-corrected chi connectivity index (χ0v) is 15.3. The van der Waals surface area contributed by atoms with Gasteiger partial charge in [-0.05, 0) is 25.0 Å². The predicted molar refractivity (Wildman–Crippen MR) is 98.4 cm³/mol. The average Bonchev–Trinajstić information content (AvgIpc) is 3.39. The summed E-state index contributed by atoms with van der Waals surface area (Å²) in [6.45, 7) is 1.97. The van der Waals surface area contributed by atoms with Crippen LogP contribution in [-0.2, 0) is 6.42 Å². The number of hydrogen-bond acceptors (Lipinski definition) is 6. The van der Waals surface area contributed by atoms with Crippen molar-refractivity contribution in [1.82, 2.24) is 30.0 Å². The SMILES string of the molecule is CCc1noc(-c2ccc(-n3cnc(C(=O)NC4CCCCC4)c3)nc2)n1. The van der Waals surface area contributed by atoms with Gasteiger partial charge in [-0.1, -0.05) is 31.3 Å². The molecule has 0 atom stereocenters. The Morgan fingerprint density at radius 3 is 2.81 bits per heavy atom. The van der Waals surface area contributed by atoms with Gasteiger partial charge in [0, 0.05) is 24.9 Å². The van der Waals surface area contributed by atoms with E-state index in [4.69, 9.17) is 4.52 Å². The van der Waals surface area contributed by atoms with Gasteiger partial charge in [-0.2, -0.15) is 4.98 Å². The molecule has 1 aliphatic rings. The van der Waals surface area contributed by atoms with E-state index in [-0.39, 0.29) is 11.9 Å². The number of carbonyl (C=O) groups excluding carboxylic acids is 1. The topological polar surface area (TPSA) is 98.7 Å². The summed E-state index contributed by atoms with van der Waals surface area (Å²) in [5.41, 5.74) is 1.15. The highest BCUT2D eigenvalue weighted by molar-refractivity contribution is 5.92. The van der Waals surface area contributed by atoms with Crippen LogP contribution in [-0.4, -0.2) is 36.6 Å². The molecule has 140 valence electrons. The van der Waals surface area contributed by atoms with Gasteiger partial charge in [0.1, 0.15) is 17.8 Å². The fraction of sp³-hybridized carbons (Fsp3) is 0.421. The lowest BCUT2D eigenvalue weighted by Gasteiger charge is -2.22. The molecule has 0 bridgehead atoms. The van der Waals surface area contributed by atoms with Crippen LogP contribution < -0.4 is 5.32 Å². The van der Waals surface area contributed by atoms with Crippen molar-refractivity contribution in [3.8, 4) is 17.3 Å². The lowest BCUT2D eigenvalue weighted by molar-refractivity contribution is 0.0923. The van der Waals surface area contributed by atoms with E-state index in [9.17, 15) is 4.79 Å². The molecule has 1 fully saturated rings. The minimum Gasteiger partial charge on any atom is -0.348 e. The number of imidazole rings is 1. The van der Waals surface area contributed by atoms with Gasteiger partial charge < -0.3 is 9.84 Å². The fourth-order valence-electron chi connectivity index (χ4n) is 3.25. The second-order valence-electron chi connectivity index (χ2n) is 6.75. The third-order valence-electron chi connectivity index (χ3n) is 4.80. The second-order valence-corrected chi connectivity index (χ2v) is 6.75. The minimum atomic E-state index is -0.129. The molecular weight excluding hydrogens is 344 g/mol. The first kappa shape index (κ1) is 17.4. The summed E-state index contributed by atoms with van der Waals surface area (Å²) in [5, 5.41) is 6.96. The van der Waals surface area contributed by atoms with Crippen LogP contribution in [0.25, 0.3) is 17.3 Å². The van der Waals surface area contributed by atoms with Gasteiger partial charge in [-0.3, -0.25) is 9.36 Å². The van der Waals surface area contributed by atoms with E-state index in [0.717, 1.165) is 24.8 Å². The van der Waals surface area contributed by atoms with Crippen LogP contribution >= 0.6 is 0 Å². The Hall–Kier alpha value is -3.03. The molecule has 1 N–H and O–H groups in total. The number of pyridine rings is 1. The number of hydrogen-bond donors (Lipinski definition) is 1. The van der Waals surface area contributed by atoms with Crippen LogP contribution in [0.15, 0.2) is 35.4 Å². The summed E-state index contributed by atoms with van der Waals surface area (Å²) in [5.74, 6) is 1.65. The first-order chi connectivity index (χ1) is 13.2. The highest BCUT2D eigenvalue weighted by atomic mass is 16.5. The molecule has 1 saturated carbocycles. The molecule has 0 radical (unpaired) electrons. The van der Waals surface area contributed by atoms with E-state index in [1.165, 1.54) is 19.3 Å². The zero-order valence-electron chi connectivity index (χ0n) is 15.3. The smallest absolute Gasteiger partial charge is 0.271 e. The Morgan fingerprint density at radius 1 is 1.26 bits per heavy atom. The summed E-state index contributed by atoms with van der Waals surface area (Å²) in [4.78, 5) is 25.3. The third-order valence-corrected chi connectivity index (χ3v) is 4.80. The maximum atomic E-state index is 12.4. The Kier molecular flexibility index (Phi) is 4.95. The van der Waals surface area contributed by atoms with Crippen molar-refractivity contribution >= 4 is 5.91 Å². The van der Waals surface area contributed by atoms with Crippen molar-refractivity contribution in [3.05, 3.63) is 42.4 Å².